The SMILES string of the molecule is CC(CCl)CS(=O)(=O)Nc1ccc(=O)[nH]n1. The highest BCUT2D eigenvalue weighted by molar-refractivity contribution is 7.92. The van der Waals surface area contributed by atoms with E-state index in [1.165, 1.54) is 12.1 Å². The minimum atomic E-state index is -3.48. The zero-order valence-corrected chi connectivity index (χ0v) is 10.2. The van der Waals surface area contributed by atoms with Gasteiger partial charge >= 0.3 is 0 Å². The van der Waals surface area contributed by atoms with Crippen molar-refractivity contribution in [3.63, 3.8) is 0 Å². The van der Waals surface area contributed by atoms with Crippen LogP contribution in [0.4, 0.5) is 5.82 Å². The smallest absolute Gasteiger partial charge is 0.264 e. The lowest BCUT2D eigenvalue weighted by atomic mass is 10.3. The summed E-state index contributed by atoms with van der Waals surface area (Å²) in [7, 11) is -3.48. The van der Waals surface area contributed by atoms with Gasteiger partial charge in [0.05, 0.1) is 5.75 Å². The van der Waals surface area contributed by atoms with Gasteiger partial charge in [-0.1, -0.05) is 6.92 Å². The van der Waals surface area contributed by atoms with Crippen molar-refractivity contribution in [1.29, 1.82) is 0 Å². The highest BCUT2D eigenvalue weighted by atomic mass is 35.5. The summed E-state index contributed by atoms with van der Waals surface area (Å²) < 4.78 is 25.3. The van der Waals surface area contributed by atoms with Crippen LogP contribution >= 0.6 is 11.6 Å². The second kappa shape index (κ2) is 5.31. The van der Waals surface area contributed by atoms with E-state index in [-0.39, 0.29) is 23.4 Å². The molecule has 1 unspecified atom stereocenters. The summed E-state index contributed by atoms with van der Waals surface area (Å²) in [6.45, 7) is 1.73. The molecular weight excluding hydrogens is 254 g/mol. The van der Waals surface area contributed by atoms with Gasteiger partial charge in [0.25, 0.3) is 5.56 Å². The van der Waals surface area contributed by atoms with Crippen LogP contribution in [0.25, 0.3) is 0 Å². The number of aromatic nitrogens is 2. The number of anilines is 1. The number of halogens is 1. The van der Waals surface area contributed by atoms with Crippen LogP contribution in [0.3, 0.4) is 0 Å². The standard InChI is InChI=1S/C8H12ClN3O3S/c1-6(4-9)5-16(14,15)12-7-2-3-8(13)11-10-7/h2-3,6H,4-5H2,1H3,(H,10,12)(H,11,13). The minimum absolute atomic E-state index is 0.0846. The number of sulfonamides is 1. The van der Waals surface area contributed by atoms with Crippen molar-refractivity contribution in [3.05, 3.63) is 22.5 Å². The van der Waals surface area contributed by atoms with E-state index >= 15 is 0 Å². The van der Waals surface area contributed by atoms with E-state index in [9.17, 15) is 13.2 Å². The van der Waals surface area contributed by atoms with Crippen molar-refractivity contribution < 1.29 is 8.42 Å². The van der Waals surface area contributed by atoms with Crippen LogP contribution in [0.1, 0.15) is 6.92 Å². The Morgan fingerprint density at radius 3 is 2.75 bits per heavy atom. The number of H-pyrrole nitrogens is 1. The number of hydrogen-bond donors (Lipinski definition) is 2. The van der Waals surface area contributed by atoms with Gasteiger partial charge in [-0.05, 0) is 12.0 Å². The molecule has 90 valence electrons. The molecule has 0 fully saturated rings. The number of aromatic amines is 1. The number of alkyl halides is 1. The normalized spacial score (nSPS) is 13.4. The summed E-state index contributed by atoms with van der Waals surface area (Å²) in [5, 5.41) is 5.67. The summed E-state index contributed by atoms with van der Waals surface area (Å²) >= 11 is 5.53. The molecule has 1 aromatic rings. The van der Waals surface area contributed by atoms with E-state index in [1.54, 1.807) is 6.92 Å². The van der Waals surface area contributed by atoms with Crippen LogP contribution < -0.4 is 10.3 Å². The molecule has 0 aliphatic heterocycles. The molecule has 0 amide bonds. The first kappa shape index (κ1) is 13.0. The Morgan fingerprint density at radius 1 is 1.56 bits per heavy atom. The fraction of sp³-hybridized carbons (Fsp3) is 0.500. The highest BCUT2D eigenvalue weighted by Crippen LogP contribution is 2.07. The lowest BCUT2D eigenvalue weighted by Crippen LogP contribution is -2.23. The quantitative estimate of drug-likeness (QED) is 0.753. The van der Waals surface area contributed by atoms with Gasteiger partial charge in [0.15, 0.2) is 5.82 Å². The van der Waals surface area contributed by atoms with Crippen LogP contribution in [0.2, 0.25) is 0 Å². The first-order valence-corrected chi connectivity index (χ1v) is 6.74. The van der Waals surface area contributed by atoms with Crippen molar-refractivity contribution >= 4 is 27.4 Å². The molecule has 1 aromatic heterocycles. The van der Waals surface area contributed by atoms with Gasteiger partial charge in [0.2, 0.25) is 10.0 Å². The van der Waals surface area contributed by atoms with Crippen LogP contribution in [0.5, 0.6) is 0 Å². The Bertz CT molecular complexity index is 479. The Balaban J connectivity index is 2.73. The molecule has 0 bridgehead atoms. The maximum Gasteiger partial charge on any atom is 0.264 e. The van der Waals surface area contributed by atoms with Gasteiger partial charge in [0.1, 0.15) is 0 Å². The molecule has 1 heterocycles. The number of hydrogen-bond acceptors (Lipinski definition) is 4. The molecule has 0 spiro atoms. The van der Waals surface area contributed by atoms with Crippen molar-refractivity contribution in [2.75, 3.05) is 16.4 Å². The van der Waals surface area contributed by atoms with Gasteiger partial charge in [-0.15, -0.1) is 11.6 Å². The largest absolute Gasteiger partial charge is 0.268 e. The van der Waals surface area contributed by atoms with E-state index in [0.29, 0.717) is 0 Å². The molecule has 0 aliphatic rings. The topological polar surface area (TPSA) is 91.9 Å². The molecule has 0 aliphatic carbocycles. The Kier molecular flexibility index (Phi) is 4.31. The van der Waals surface area contributed by atoms with Gasteiger partial charge in [0, 0.05) is 11.9 Å². The van der Waals surface area contributed by atoms with Crippen LogP contribution in [-0.4, -0.2) is 30.2 Å². The second-order valence-corrected chi connectivity index (χ2v) is 5.52. The molecule has 6 nitrogen and oxygen atoms in total. The molecule has 0 saturated carbocycles. The van der Waals surface area contributed by atoms with E-state index in [4.69, 9.17) is 11.6 Å². The average molecular weight is 266 g/mol. The summed E-state index contributed by atoms with van der Waals surface area (Å²) in [6, 6.07) is 2.48. The van der Waals surface area contributed by atoms with Gasteiger partial charge in [-0.2, -0.15) is 5.10 Å². The third kappa shape index (κ3) is 4.19. The average Bonchev–Trinajstić information content (AvgIpc) is 2.20. The van der Waals surface area contributed by atoms with Crippen LogP contribution in [0.15, 0.2) is 16.9 Å². The fourth-order valence-corrected chi connectivity index (χ4v) is 2.64. The molecule has 1 rings (SSSR count). The molecule has 8 heteroatoms. The number of nitrogens with one attached hydrogen (secondary N) is 2. The molecule has 1 atom stereocenters. The van der Waals surface area contributed by atoms with Gasteiger partial charge in [-0.25, -0.2) is 13.5 Å². The zero-order valence-electron chi connectivity index (χ0n) is 8.60. The number of nitrogens with zero attached hydrogens (tertiary/aromatic N) is 1. The minimum Gasteiger partial charge on any atom is -0.268 e. The Morgan fingerprint density at radius 2 is 2.25 bits per heavy atom. The molecule has 0 radical (unpaired) electrons. The van der Waals surface area contributed by atoms with Crippen molar-refractivity contribution in [2.45, 2.75) is 6.92 Å². The van der Waals surface area contributed by atoms with Gasteiger partial charge in [-0.3, -0.25) is 9.52 Å². The summed E-state index contributed by atoms with van der Waals surface area (Å²) in [5.74, 6) is 0.111. The summed E-state index contributed by atoms with van der Waals surface area (Å²) in [4.78, 5) is 10.7. The third-order valence-electron chi connectivity index (χ3n) is 1.71. The highest BCUT2D eigenvalue weighted by Gasteiger charge is 2.15. The van der Waals surface area contributed by atoms with E-state index in [1.807, 2.05) is 0 Å². The maximum absolute atomic E-state index is 11.6. The Labute approximate surface area is 98.1 Å². The van der Waals surface area contributed by atoms with E-state index in [0.717, 1.165) is 0 Å². The molecule has 16 heavy (non-hydrogen) atoms. The fourth-order valence-electron chi connectivity index (χ4n) is 1.02. The Hall–Kier alpha value is -1.08. The lowest BCUT2D eigenvalue weighted by Gasteiger charge is -2.09. The van der Waals surface area contributed by atoms with Crippen LogP contribution in [0, 0.1) is 5.92 Å². The van der Waals surface area contributed by atoms with E-state index < -0.39 is 15.6 Å². The first-order chi connectivity index (χ1) is 7.43. The monoisotopic (exact) mass is 265 g/mol. The van der Waals surface area contributed by atoms with Crippen molar-refractivity contribution in [2.24, 2.45) is 5.92 Å². The molecular formula is C8H12ClN3O3S. The lowest BCUT2D eigenvalue weighted by molar-refractivity contribution is 0.588. The van der Waals surface area contributed by atoms with Crippen LogP contribution in [-0.2, 0) is 10.0 Å². The maximum atomic E-state index is 11.6. The summed E-state index contributed by atoms with van der Waals surface area (Å²) in [5.41, 5.74) is -0.392. The van der Waals surface area contributed by atoms with Crippen molar-refractivity contribution in [1.82, 2.24) is 10.2 Å². The van der Waals surface area contributed by atoms with E-state index in [2.05, 4.69) is 14.9 Å². The molecule has 2 N–H and O–H groups in total. The molecule has 0 aromatic carbocycles. The third-order valence-corrected chi connectivity index (χ3v) is 3.76. The summed E-state index contributed by atoms with van der Waals surface area (Å²) in [6.07, 6.45) is 0. The first-order valence-electron chi connectivity index (χ1n) is 4.55. The predicted octanol–water partition coefficient (Wildman–Crippen LogP) is 0.386. The molecule has 0 saturated heterocycles. The second-order valence-electron chi connectivity index (χ2n) is 3.45. The van der Waals surface area contributed by atoms with Crippen molar-refractivity contribution in [3.8, 4) is 0 Å². The zero-order chi connectivity index (χ0) is 12.2. The predicted molar refractivity (Wildman–Crippen MR) is 62.2 cm³/mol. The number of rotatable bonds is 5. The van der Waals surface area contributed by atoms with Gasteiger partial charge < -0.3 is 0 Å².